The maximum absolute atomic E-state index is 12.9. The van der Waals surface area contributed by atoms with Crippen LogP contribution in [0.25, 0.3) is 0 Å². The quantitative estimate of drug-likeness (QED) is 0.656. The number of nitrogens with one attached hydrogen (secondary N) is 1. The highest BCUT2D eigenvalue weighted by Gasteiger charge is 2.10. The van der Waals surface area contributed by atoms with Gasteiger partial charge in [0.25, 0.3) is 5.91 Å². The Labute approximate surface area is 79.7 Å². The average molecular weight is 198 g/mol. The summed E-state index contributed by atoms with van der Waals surface area (Å²) < 4.78 is 12.9. The van der Waals surface area contributed by atoms with Gasteiger partial charge in [0.05, 0.1) is 5.56 Å². The van der Waals surface area contributed by atoms with E-state index in [1.807, 2.05) is 0 Å². The van der Waals surface area contributed by atoms with E-state index < -0.39 is 11.7 Å². The first-order valence-corrected chi connectivity index (χ1v) is 3.87. The molecule has 0 aliphatic heterocycles. The van der Waals surface area contributed by atoms with Crippen molar-refractivity contribution in [2.75, 3.05) is 0 Å². The number of amides is 1. The van der Waals surface area contributed by atoms with E-state index in [9.17, 15) is 9.18 Å². The Hall–Kier alpha value is -1.49. The fraction of sp³-hybridized carbons (Fsp3) is 0. The lowest BCUT2D eigenvalue weighted by atomic mass is 10.2. The first-order valence-electron chi connectivity index (χ1n) is 3.46. The third kappa shape index (κ3) is 2.48. The van der Waals surface area contributed by atoms with Gasteiger partial charge < -0.3 is 5.73 Å². The molecule has 0 radical (unpaired) electrons. The SMILES string of the molecule is NC(=S)NC(=O)c1ccccc1F. The molecule has 1 rings (SSSR count). The molecule has 0 saturated carbocycles. The largest absolute Gasteiger partial charge is 0.376 e. The van der Waals surface area contributed by atoms with Gasteiger partial charge in [0.15, 0.2) is 5.11 Å². The van der Waals surface area contributed by atoms with E-state index in [-0.39, 0.29) is 10.7 Å². The lowest BCUT2D eigenvalue weighted by molar-refractivity contribution is 0.0973. The maximum Gasteiger partial charge on any atom is 0.260 e. The average Bonchev–Trinajstić information content (AvgIpc) is 2.03. The zero-order valence-electron chi connectivity index (χ0n) is 6.58. The van der Waals surface area contributed by atoms with E-state index >= 15 is 0 Å². The molecule has 0 fully saturated rings. The molecule has 0 aliphatic carbocycles. The highest BCUT2D eigenvalue weighted by Crippen LogP contribution is 2.05. The third-order valence-corrected chi connectivity index (χ3v) is 1.46. The summed E-state index contributed by atoms with van der Waals surface area (Å²) in [4.78, 5) is 11.2. The zero-order chi connectivity index (χ0) is 9.84. The molecule has 0 unspecified atom stereocenters. The van der Waals surface area contributed by atoms with Crippen molar-refractivity contribution < 1.29 is 9.18 Å². The number of carbonyl (C=O) groups excluding carboxylic acids is 1. The molecule has 0 bridgehead atoms. The lowest BCUT2D eigenvalue weighted by Crippen LogP contribution is -2.35. The first kappa shape index (κ1) is 9.60. The van der Waals surface area contributed by atoms with Crippen LogP contribution in [0.15, 0.2) is 24.3 Å². The highest BCUT2D eigenvalue weighted by molar-refractivity contribution is 7.80. The van der Waals surface area contributed by atoms with Gasteiger partial charge in [-0.05, 0) is 24.4 Å². The van der Waals surface area contributed by atoms with Crippen LogP contribution in [0.1, 0.15) is 10.4 Å². The lowest BCUT2D eigenvalue weighted by Gasteiger charge is -2.02. The molecule has 0 aromatic heterocycles. The third-order valence-electron chi connectivity index (χ3n) is 1.36. The van der Waals surface area contributed by atoms with Crippen LogP contribution < -0.4 is 11.1 Å². The number of nitrogens with two attached hydrogens (primary N) is 1. The van der Waals surface area contributed by atoms with Gasteiger partial charge in [-0.3, -0.25) is 10.1 Å². The van der Waals surface area contributed by atoms with E-state index in [0.29, 0.717) is 0 Å². The maximum atomic E-state index is 12.9. The van der Waals surface area contributed by atoms with Crippen LogP contribution in [-0.4, -0.2) is 11.0 Å². The molecule has 0 aliphatic rings. The first-order chi connectivity index (χ1) is 6.11. The minimum atomic E-state index is -0.634. The van der Waals surface area contributed by atoms with E-state index in [0.717, 1.165) is 0 Å². The van der Waals surface area contributed by atoms with Crippen LogP contribution in [0.3, 0.4) is 0 Å². The summed E-state index contributed by atoms with van der Waals surface area (Å²) in [7, 11) is 0. The zero-order valence-corrected chi connectivity index (χ0v) is 7.40. The Morgan fingerprint density at radius 3 is 2.62 bits per heavy atom. The van der Waals surface area contributed by atoms with Gasteiger partial charge in [0, 0.05) is 0 Å². The van der Waals surface area contributed by atoms with Crippen molar-refractivity contribution >= 4 is 23.2 Å². The van der Waals surface area contributed by atoms with Gasteiger partial charge in [-0.1, -0.05) is 12.1 Å². The molecule has 0 saturated heterocycles. The predicted octanol–water partition coefficient (Wildman–Crippen LogP) is 0.799. The number of hydrogen-bond acceptors (Lipinski definition) is 2. The molecule has 13 heavy (non-hydrogen) atoms. The van der Waals surface area contributed by atoms with Crippen molar-refractivity contribution in [2.24, 2.45) is 5.73 Å². The molecule has 1 aromatic rings. The molecule has 0 atom stereocenters. The van der Waals surface area contributed by atoms with Crippen molar-refractivity contribution in [3.8, 4) is 0 Å². The molecule has 1 aromatic carbocycles. The topological polar surface area (TPSA) is 55.1 Å². The molecular weight excluding hydrogens is 191 g/mol. The van der Waals surface area contributed by atoms with Crippen LogP contribution >= 0.6 is 12.2 Å². The van der Waals surface area contributed by atoms with Gasteiger partial charge in [-0.2, -0.15) is 0 Å². The van der Waals surface area contributed by atoms with Crippen molar-refractivity contribution in [3.63, 3.8) is 0 Å². The molecule has 0 heterocycles. The Morgan fingerprint density at radius 1 is 1.46 bits per heavy atom. The summed E-state index contributed by atoms with van der Waals surface area (Å²) in [5, 5.41) is 1.96. The van der Waals surface area contributed by atoms with Crippen molar-refractivity contribution in [3.05, 3.63) is 35.6 Å². The summed E-state index contributed by atoms with van der Waals surface area (Å²) in [6.07, 6.45) is 0. The fourth-order valence-corrected chi connectivity index (χ4v) is 0.917. The van der Waals surface area contributed by atoms with Gasteiger partial charge in [-0.25, -0.2) is 4.39 Å². The minimum absolute atomic E-state index is 0.0738. The Bertz CT molecular complexity index is 354. The summed E-state index contributed by atoms with van der Waals surface area (Å²) >= 11 is 4.44. The Kier molecular flexibility index (Phi) is 2.92. The molecule has 0 spiro atoms. The highest BCUT2D eigenvalue weighted by atomic mass is 32.1. The van der Waals surface area contributed by atoms with Gasteiger partial charge in [0.2, 0.25) is 0 Å². The van der Waals surface area contributed by atoms with E-state index in [2.05, 4.69) is 17.5 Å². The standard InChI is InChI=1S/C8H7FN2OS/c9-6-4-2-1-3-5(6)7(12)11-8(10)13/h1-4H,(H3,10,11,12,13). The van der Waals surface area contributed by atoms with Crippen LogP contribution in [0.5, 0.6) is 0 Å². The Balaban J connectivity index is 2.89. The van der Waals surface area contributed by atoms with Gasteiger partial charge in [0.1, 0.15) is 5.82 Å². The second-order valence-corrected chi connectivity index (χ2v) is 2.74. The fourth-order valence-electron chi connectivity index (χ4n) is 0.825. The second-order valence-electron chi connectivity index (χ2n) is 2.30. The van der Waals surface area contributed by atoms with Crippen LogP contribution in [0, 0.1) is 5.82 Å². The van der Waals surface area contributed by atoms with Crippen LogP contribution in [-0.2, 0) is 0 Å². The van der Waals surface area contributed by atoms with E-state index in [1.165, 1.54) is 18.2 Å². The molecular formula is C8H7FN2OS. The number of carbonyl (C=O) groups is 1. The molecule has 68 valence electrons. The van der Waals surface area contributed by atoms with Crippen molar-refractivity contribution in [2.45, 2.75) is 0 Å². The number of halogens is 1. The molecule has 5 heteroatoms. The normalized spacial score (nSPS) is 9.31. The van der Waals surface area contributed by atoms with E-state index in [4.69, 9.17) is 5.73 Å². The number of hydrogen-bond donors (Lipinski definition) is 2. The summed E-state index contributed by atoms with van der Waals surface area (Å²) in [6.45, 7) is 0. The summed E-state index contributed by atoms with van der Waals surface area (Å²) in [6, 6.07) is 5.59. The number of rotatable bonds is 1. The molecule has 3 nitrogen and oxygen atoms in total. The van der Waals surface area contributed by atoms with Crippen molar-refractivity contribution in [1.82, 2.24) is 5.32 Å². The minimum Gasteiger partial charge on any atom is -0.376 e. The number of thiocarbonyl (C=S) groups is 1. The molecule has 1 amide bonds. The monoisotopic (exact) mass is 198 g/mol. The summed E-state index contributed by atoms with van der Waals surface area (Å²) in [5.74, 6) is -1.23. The summed E-state index contributed by atoms with van der Waals surface area (Å²) in [5.41, 5.74) is 4.98. The Morgan fingerprint density at radius 2 is 2.08 bits per heavy atom. The van der Waals surface area contributed by atoms with Gasteiger partial charge >= 0.3 is 0 Å². The van der Waals surface area contributed by atoms with Gasteiger partial charge in [-0.15, -0.1) is 0 Å². The smallest absolute Gasteiger partial charge is 0.260 e. The van der Waals surface area contributed by atoms with Crippen molar-refractivity contribution in [1.29, 1.82) is 0 Å². The van der Waals surface area contributed by atoms with Crippen LogP contribution in [0.2, 0.25) is 0 Å². The van der Waals surface area contributed by atoms with Crippen LogP contribution in [0.4, 0.5) is 4.39 Å². The second kappa shape index (κ2) is 3.95. The molecule has 3 N–H and O–H groups in total. The predicted molar refractivity (Wildman–Crippen MR) is 50.7 cm³/mol. The number of benzene rings is 1. The van der Waals surface area contributed by atoms with E-state index in [1.54, 1.807) is 6.07 Å².